The molecule has 1 heterocycles. The highest BCUT2D eigenvalue weighted by atomic mass is 16.2. The zero-order valence-corrected chi connectivity index (χ0v) is 12.5. The number of H-pyrrole nitrogens is 1. The fraction of sp³-hybridized carbons (Fsp3) is 0.357. The van der Waals surface area contributed by atoms with Gasteiger partial charge in [-0.3, -0.25) is 4.57 Å². The Bertz CT molecular complexity index is 696. The van der Waals surface area contributed by atoms with Gasteiger partial charge in [0, 0.05) is 12.7 Å². The molecular weight excluding hydrogens is 270 g/mol. The topological polar surface area (TPSA) is 91.8 Å². The highest BCUT2D eigenvalue weighted by Gasteiger charge is 2.16. The van der Waals surface area contributed by atoms with Gasteiger partial charge in [0.25, 0.3) is 0 Å². The summed E-state index contributed by atoms with van der Waals surface area (Å²) in [6.45, 7) is 5.63. The first-order valence-corrected chi connectivity index (χ1v) is 6.65. The molecule has 21 heavy (non-hydrogen) atoms. The Kier molecular flexibility index (Phi) is 4.11. The fourth-order valence-electron chi connectivity index (χ4n) is 2.17. The molecule has 2 amide bonds. The molecule has 3 N–H and O–H groups in total. The maximum absolute atomic E-state index is 12.1. The van der Waals surface area contributed by atoms with Gasteiger partial charge in [-0.15, -0.1) is 0 Å². The second-order valence-corrected chi connectivity index (χ2v) is 5.03. The van der Waals surface area contributed by atoms with Crippen molar-refractivity contribution in [3.8, 4) is 0 Å². The zero-order chi connectivity index (χ0) is 15.6. The number of nitrogens with one attached hydrogen (secondary N) is 3. The Balaban J connectivity index is 2.08. The summed E-state index contributed by atoms with van der Waals surface area (Å²) in [4.78, 5) is 23.4. The van der Waals surface area contributed by atoms with Gasteiger partial charge < -0.3 is 10.6 Å². The van der Waals surface area contributed by atoms with Crippen LogP contribution < -0.4 is 16.3 Å². The lowest BCUT2D eigenvalue weighted by Gasteiger charge is -2.16. The number of aromatic nitrogens is 3. The van der Waals surface area contributed by atoms with Crippen LogP contribution >= 0.6 is 0 Å². The number of benzene rings is 1. The minimum Gasteiger partial charge on any atom is -0.328 e. The number of urea groups is 1. The molecule has 2 aromatic rings. The second kappa shape index (κ2) is 5.82. The van der Waals surface area contributed by atoms with Crippen LogP contribution in [-0.4, -0.2) is 20.8 Å². The molecule has 0 saturated heterocycles. The summed E-state index contributed by atoms with van der Waals surface area (Å²) in [6, 6.07) is 5.08. The molecule has 0 aliphatic heterocycles. The molecule has 1 aromatic carbocycles. The van der Waals surface area contributed by atoms with E-state index in [2.05, 4.69) is 20.8 Å². The quantitative estimate of drug-likeness (QED) is 0.801. The summed E-state index contributed by atoms with van der Waals surface area (Å²) in [7, 11) is 1.60. The Morgan fingerprint density at radius 3 is 2.48 bits per heavy atom. The van der Waals surface area contributed by atoms with Crippen LogP contribution in [0.1, 0.15) is 29.9 Å². The molecule has 0 aliphatic rings. The molecule has 0 spiro atoms. The van der Waals surface area contributed by atoms with Gasteiger partial charge in [0.1, 0.15) is 0 Å². The first-order valence-electron chi connectivity index (χ1n) is 6.65. The number of anilines is 1. The average molecular weight is 289 g/mol. The molecule has 0 aliphatic carbocycles. The average Bonchev–Trinajstić information content (AvgIpc) is 2.74. The van der Waals surface area contributed by atoms with E-state index in [4.69, 9.17) is 0 Å². The summed E-state index contributed by atoms with van der Waals surface area (Å²) in [6.07, 6.45) is 0. The molecule has 7 nitrogen and oxygen atoms in total. The molecule has 112 valence electrons. The second-order valence-electron chi connectivity index (χ2n) is 5.03. The van der Waals surface area contributed by atoms with Crippen molar-refractivity contribution >= 4 is 11.7 Å². The van der Waals surface area contributed by atoms with E-state index in [1.165, 1.54) is 4.57 Å². The van der Waals surface area contributed by atoms with Crippen molar-refractivity contribution in [2.24, 2.45) is 7.05 Å². The Labute approximate surface area is 122 Å². The van der Waals surface area contributed by atoms with Crippen molar-refractivity contribution in [1.29, 1.82) is 0 Å². The standard InChI is InChI=1S/C14H19N5O2/c1-8-6-5-7-9(2)11(8)16-13(20)15-10(3)12-17-18-14(21)19(12)4/h5-7,10H,1-4H3,(H,18,21)(H2,15,16,20)/t10-/m1/s1. The molecule has 0 unspecified atom stereocenters. The van der Waals surface area contributed by atoms with Crippen LogP contribution in [0.3, 0.4) is 0 Å². The first-order chi connectivity index (χ1) is 9.90. The van der Waals surface area contributed by atoms with Crippen molar-refractivity contribution in [2.45, 2.75) is 26.8 Å². The van der Waals surface area contributed by atoms with Crippen LogP contribution in [0.4, 0.5) is 10.5 Å². The van der Waals surface area contributed by atoms with Gasteiger partial charge in [-0.2, -0.15) is 5.10 Å². The lowest BCUT2D eigenvalue weighted by molar-refractivity contribution is 0.248. The monoisotopic (exact) mass is 289 g/mol. The smallest absolute Gasteiger partial charge is 0.328 e. The summed E-state index contributed by atoms with van der Waals surface area (Å²) >= 11 is 0. The van der Waals surface area contributed by atoms with Crippen molar-refractivity contribution in [1.82, 2.24) is 20.1 Å². The predicted molar refractivity (Wildman–Crippen MR) is 80.3 cm³/mol. The maximum atomic E-state index is 12.1. The first kappa shape index (κ1) is 14.8. The van der Waals surface area contributed by atoms with Crippen LogP contribution in [0.2, 0.25) is 0 Å². The molecule has 2 rings (SSSR count). The van der Waals surface area contributed by atoms with Gasteiger partial charge in [-0.1, -0.05) is 18.2 Å². The highest BCUT2D eigenvalue weighted by molar-refractivity contribution is 5.91. The molecular formula is C14H19N5O2. The van der Waals surface area contributed by atoms with Crippen LogP contribution in [0.25, 0.3) is 0 Å². The van der Waals surface area contributed by atoms with Crippen molar-refractivity contribution < 1.29 is 4.79 Å². The molecule has 7 heteroatoms. The lowest BCUT2D eigenvalue weighted by atomic mass is 10.1. The number of rotatable bonds is 3. The van der Waals surface area contributed by atoms with Gasteiger partial charge in [-0.25, -0.2) is 14.7 Å². The van der Waals surface area contributed by atoms with E-state index in [1.54, 1.807) is 14.0 Å². The van der Waals surface area contributed by atoms with Crippen molar-refractivity contribution in [3.05, 3.63) is 45.6 Å². The SMILES string of the molecule is Cc1cccc(C)c1NC(=O)N[C@H](C)c1n[nH]c(=O)n1C. The molecule has 0 saturated carbocycles. The number of hydrogen-bond donors (Lipinski definition) is 3. The van der Waals surface area contributed by atoms with Gasteiger partial charge in [0.05, 0.1) is 6.04 Å². The third-order valence-electron chi connectivity index (χ3n) is 3.37. The normalized spacial score (nSPS) is 12.0. The molecule has 0 bridgehead atoms. The lowest BCUT2D eigenvalue weighted by Crippen LogP contribution is -2.33. The fourth-order valence-corrected chi connectivity index (χ4v) is 2.17. The van der Waals surface area contributed by atoms with E-state index in [1.807, 2.05) is 32.0 Å². The molecule has 1 atom stereocenters. The third kappa shape index (κ3) is 3.13. The number of carbonyl (C=O) groups is 1. The van der Waals surface area contributed by atoms with Crippen LogP contribution in [0, 0.1) is 13.8 Å². The highest BCUT2D eigenvalue weighted by Crippen LogP contribution is 2.19. The number of aromatic amines is 1. The van der Waals surface area contributed by atoms with Crippen LogP contribution in [0.5, 0.6) is 0 Å². The van der Waals surface area contributed by atoms with Gasteiger partial charge in [0.15, 0.2) is 5.82 Å². The summed E-state index contributed by atoms with van der Waals surface area (Å²) in [5.41, 5.74) is 2.46. The minimum absolute atomic E-state index is 0.311. The Hall–Kier alpha value is -2.57. The van der Waals surface area contributed by atoms with Gasteiger partial charge in [-0.05, 0) is 31.9 Å². The van der Waals surface area contributed by atoms with Crippen LogP contribution in [-0.2, 0) is 7.05 Å². The zero-order valence-electron chi connectivity index (χ0n) is 12.5. The Morgan fingerprint density at radius 1 is 1.33 bits per heavy atom. The number of para-hydroxylation sites is 1. The predicted octanol–water partition coefficient (Wildman–Crippen LogP) is 1.61. The van der Waals surface area contributed by atoms with E-state index in [0.717, 1.165) is 16.8 Å². The molecule has 1 aromatic heterocycles. The number of nitrogens with zero attached hydrogens (tertiary/aromatic N) is 2. The number of carbonyl (C=O) groups excluding carboxylic acids is 1. The van der Waals surface area contributed by atoms with E-state index in [0.29, 0.717) is 5.82 Å². The largest absolute Gasteiger partial charge is 0.343 e. The summed E-state index contributed by atoms with van der Waals surface area (Å²) in [5, 5.41) is 11.8. The number of aryl methyl sites for hydroxylation is 2. The maximum Gasteiger partial charge on any atom is 0.343 e. The van der Waals surface area contributed by atoms with Crippen molar-refractivity contribution in [2.75, 3.05) is 5.32 Å². The minimum atomic E-state index is -0.390. The van der Waals surface area contributed by atoms with Gasteiger partial charge in [0.2, 0.25) is 0 Å². The van der Waals surface area contributed by atoms with E-state index >= 15 is 0 Å². The van der Waals surface area contributed by atoms with Crippen LogP contribution in [0.15, 0.2) is 23.0 Å². The number of amides is 2. The molecule has 0 fully saturated rings. The Morgan fingerprint density at radius 2 is 1.95 bits per heavy atom. The van der Waals surface area contributed by atoms with Gasteiger partial charge >= 0.3 is 11.7 Å². The number of hydrogen-bond acceptors (Lipinski definition) is 3. The van der Waals surface area contributed by atoms with Crippen molar-refractivity contribution in [3.63, 3.8) is 0 Å². The van der Waals surface area contributed by atoms with E-state index in [-0.39, 0.29) is 11.7 Å². The third-order valence-corrected chi connectivity index (χ3v) is 3.37. The molecule has 0 radical (unpaired) electrons. The van der Waals surface area contributed by atoms with E-state index < -0.39 is 6.04 Å². The summed E-state index contributed by atoms with van der Waals surface area (Å²) in [5.74, 6) is 0.469. The van der Waals surface area contributed by atoms with E-state index in [9.17, 15) is 9.59 Å². The summed E-state index contributed by atoms with van der Waals surface area (Å²) < 4.78 is 1.37.